The quantitative estimate of drug-likeness (QED) is 0.325. The van der Waals surface area contributed by atoms with Crippen LogP contribution in [-0.4, -0.2) is 35.4 Å². The topological polar surface area (TPSA) is 143 Å². The normalized spacial score (nSPS) is 13.3. The standard InChI is InChI=1S/C12H17Cl2N5O2/c13-8-3-1-2-7(9(8)14)10(15)11(16)19-12(17)18-6(4-20)5-21/h1-3,6,20-21H,4-5,15-16H2,(H3,17,18,19)/b11-10-. The van der Waals surface area contributed by atoms with Crippen molar-refractivity contribution in [3.63, 3.8) is 0 Å². The molecule has 0 amide bonds. The molecule has 1 rings (SSSR count). The lowest BCUT2D eigenvalue weighted by molar-refractivity contribution is 0.195. The van der Waals surface area contributed by atoms with Gasteiger partial charge in [-0.3, -0.25) is 0 Å². The van der Waals surface area contributed by atoms with Crippen LogP contribution >= 0.6 is 23.2 Å². The third kappa shape index (κ3) is 4.68. The van der Waals surface area contributed by atoms with E-state index >= 15 is 0 Å². The van der Waals surface area contributed by atoms with Crippen LogP contribution in [0.15, 0.2) is 29.0 Å². The van der Waals surface area contributed by atoms with E-state index in [9.17, 15) is 0 Å². The summed E-state index contributed by atoms with van der Waals surface area (Å²) in [4.78, 5) is 3.82. The minimum absolute atomic E-state index is 0.0232. The highest BCUT2D eigenvalue weighted by Crippen LogP contribution is 2.28. The number of nitrogens with zero attached hydrogens (tertiary/aromatic N) is 1. The summed E-state index contributed by atoms with van der Waals surface area (Å²) >= 11 is 11.9. The van der Waals surface area contributed by atoms with Crippen molar-refractivity contribution in [2.75, 3.05) is 13.2 Å². The van der Waals surface area contributed by atoms with Crippen molar-refractivity contribution in [3.8, 4) is 0 Å². The highest BCUT2D eigenvalue weighted by atomic mass is 35.5. The summed E-state index contributed by atoms with van der Waals surface area (Å²) in [6, 6.07) is 4.21. The van der Waals surface area contributed by atoms with Gasteiger partial charge in [0.25, 0.3) is 0 Å². The molecule has 0 heterocycles. The van der Waals surface area contributed by atoms with Crippen LogP contribution in [0.3, 0.4) is 0 Å². The Morgan fingerprint density at radius 2 is 1.81 bits per heavy atom. The van der Waals surface area contributed by atoms with Gasteiger partial charge in [-0.05, 0) is 6.07 Å². The van der Waals surface area contributed by atoms with Gasteiger partial charge in [0.05, 0.1) is 35.0 Å². The molecule has 0 atom stereocenters. The number of guanidine groups is 1. The Kier molecular flexibility index (Phi) is 6.57. The summed E-state index contributed by atoms with van der Waals surface area (Å²) in [7, 11) is 0. The number of aliphatic hydroxyl groups is 2. The van der Waals surface area contributed by atoms with Gasteiger partial charge in [-0.2, -0.15) is 0 Å². The van der Waals surface area contributed by atoms with Crippen LogP contribution in [0.2, 0.25) is 10.0 Å². The molecule has 0 aliphatic rings. The Bertz CT molecular complexity index is 559. The number of aliphatic hydroxyl groups excluding tert-OH is 2. The second kappa shape index (κ2) is 7.94. The fraction of sp³-hybridized carbons (Fsp3) is 0.250. The highest BCUT2D eigenvalue weighted by Gasteiger charge is 2.11. The van der Waals surface area contributed by atoms with Crippen LogP contribution in [-0.2, 0) is 0 Å². The third-order valence-corrected chi connectivity index (χ3v) is 3.36. The number of rotatable bonds is 5. The first-order chi connectivity index (χ1) is 9.90. The zero-order chi connectivity index (χ0) is 16.0. The SMILES string of the molecule is NC(=NC(CO)CO)N/C(N)=C(\N)c1cccc(Cl)c1Cl. The third-order valence-electron chi connectivity index (χ3n) is 2.54. The van der Waals surface area contributed by atoms with Crippen molar-refractivity contribution < 1.29 is 10.2 Å². The first-order valence-electron chi connectivity index (χ1n) is 5.92. The van der Waals surface area contributed by atoms with Crippen LogP contribution < -0.4 is 22.5 Å². The molecule has 0 saturated heterocycles. The number of hydrogen-bond donors (Lipinski definition) is 6. The Morgan fingerprint density at radius 1 is 1.19 bits per heavy atom. The summed E-state index contributed by atoms with van der Waals surface area (Å²) in [5.74, 6) is -0.0725. The van der Waals surface area contributed by atoms with Gasteiger partial charge in [0.2, 0.25) is 0 Å². The fourth-order valence-corrected chi connectivity index (χ4v) is 1.83. The second-order valence-corrected chi connectivity index (χ2v) is 4.87. The van der Waals surface area contributed by atoms with Gasteiger partial charge in [-0.1, -0.05) is 35.3 Å². The minimum Gasteiger partial charge on any atom is -0.395 e. The van der Waals surface area contributed by atoms with Crippen molar-refractivity contribution >= 4 is 34.9 Å². The average Bonchev–Trinajstić information content (AvgIpc) is 2.46. The number of benzene rings is 1. The summed E-state index contributed by atoms with van der Waals surface area (Å²) in [6.07, 6.45) is 0. The molecule has 0 unspecified atom stereocenters. The van der Waals surface area contributed by atoms with Gasteiger partial charge in [0.1, 0.15) is 5.82 Å². The fourth-order valence-electron chi connectivity index (χ4n) is 1.43. The summed E-state index contributed by atoms with van der Waals surface area (Å²) < 4.78 is 0. The van der Waals surface area contributed by atoms with Crippen molar-refractivity contribution in [2.24, 2.45) is 22.2 Å². The molecular weight excluding hydrogens is 317 g/mol. The molecule has 1 aromatic rings. The van der Waals surface area contributed by atoms with Gasteiger partial charge in [-0.25, -0.2) is 4.99 Å². The smallest absolute Gasteiger partial charge is 0.194 e. The predicted octanol–water partition coefficient (Wildman–Crippen LogP) is -0.206. The summed E-state index contributed by atoms with van der Waals surface area (Å²) in [5, 5.41) is 21.0. The van der Waals surface area contributed by atoms with E-state index in [-0.39, 0.29) is 35.7 Å². The largest absolute Gasteiger partial charge is 0.395 e. The van der Waals surface area contributed by atoms with Crippen molar-refractivity contribution in [1.29, 1.82) is 0 Å². The number of nitrogens with two attached hydrogens (primary N) is 3. The molecule has 0 saturated carbocycles. The molecule has 0 aliphatic carbocycles. The first kappa shape index (κ1) is 17.4. The Hall–Kier alpha value is -1.67. The predicted molar refractivity (Wildman–Crippen MR) is 84.5 cm³/mol. The van der Waals surface area contributed by atoms with E-state index < -0.39 is 6.04 Å². The van der Waals surface area contributed by atoms with Gasteiger partial charge >= 0.3 is 0 Å². The maximum absolute atomic E-state index is 8.91. The van der Waals surface area contributed by atoms with E-state index in [2.05, 4.69) is 10.3 Å². The summed E-state index contributed by atoms with van der Waals surface area (Å²) in [5.41, 5.74) is 17.9. The number of nitrogens with one attached hydrogen (secondary N) is 1. The molecule has 0 bridgehead atoms. The zero-order valence-corrected chi connectivity index (χ0v) is 12.6. The molecule has 0 radical (unpaired) electrons. The van der Waals surface area contributed by atoms with Crippen LogP contribution in [0.25, 0.3) is 5.70 Å². The first-order valence-corrected chi connectivity index (χ1v) is 6.67. The molecule has 0 fully saturated rings. The van der Waals surface area contributed by atoms with Crippen molar-refractivity contribution in [2.45, 2.75) is 6.04 Å². The van der Waals surface area contributed by atoms with Gasteiger partial charge < -0.3 is 32.7 Å². The minimum atomic E-state index is -0.735. The molecule has 0 spiro atoms. The Balaban J connectivity index is 2.99. The molecule has 0 aliphatic heterocycles. The van der Waals surface area contributed by atoms with Crippen LogP contribution in [0, 0.1) is 0 Å². The Labute approximate surface area is 132 Å². The van der Waals surface area contributed by atoms with Gasteiger partial charge in [0, 0.05) is 5.56 Å². The van der Waals surface area contributed by atoms with E-state index in [1.165, 1.54) is 0 Å². The molecule has 0 aromatic heterocycles. The van der Waals surface area contributed by atoms with E-state index in [0.29, 0.717) is 10.6 Å². The molecule has 21 heavy (non-hydrogen) atoms. The van der Waals surface area contributed by atoms with Gasteiger partial charge in [0.15, 0.2) is 5.96 Å². The van der Waals surface area contributed by atoms with E-state index in [1.807, 2.05) is 0 Å². The molecule has 9 N–H and O–H groups in total. The van der Waals surface area contributed by atoms with E-state index in [0.717, 1.165) is 0 Å². The zero-order valence-electron chi connectivity index (χ0n) is 11.1. The molecule has 1 aromatic carbocycles. The lowest BCUT2D eigenvalue weighted by atomic mass is 10.1. The second-order valence-electron chi connectivity index (χ2n) is 4.09. The Morgan fingerprint density at radius 3 is 2.38 bits per heavy atom. The average molecular weight is 334 g/mol. The van der Waals surface area contributed by atoms with Crippen LogP contribution in [0.4, 0.5) is 0 Å². The molecule has 9 heteroatoms. The maximum atomic E-state index is 8.91. The number of hydrogen-bond acceptors (Lipinski definition) is 5. The summed E-state index contributed by atoms with van der Waals surface area (Å²) in [6.45, 7) is -0.698. The monoisotopic (exact) mass is 333 g/mol. The molecular formula is C12H17Cl2N5O2. The van der Waals surface area contributed by atoms with E-state index in [1.54, 1.807) is 18.2 Å². The van der Waals surface area contributed by atoms with Crippen LogP contribution in [0.1, 0.15) is 5.56 Å². The lowest BCUT2D eigenvalue weighted by Gasteiger charge is -2.13. The van der Waals surface area contributed by atoms with Crippen molar-refractivity contribution in [3.05, 3.63) is 39.6 Å². The van der Waals surface area contributed by atoms with Crippen molar-refractivity contribution in [1.82, 2.24) is 5.32 Å². The maximum Gasteiger partial charge on any atom is 0.194 e. The number of aliphatic imine (C=N–C) groups is 1. The lowest BCUT2D eigenvalue weighted by Crippen LogP contribution is -2.37. The molecule has 7 nitrogen and oxygen atoms in total. The van der Waals surface area contributed by atoms with Crippen LogP contribution in [0.5, 0.6) is 0 Å². The highest BCUT2D eigenvalue weighted by molar-refractivity contribution is 6.43. The molecule has 116 valence electrons. The van der Waals surface area contributed by atoms with E-state index in [4.69, 9.17) is 50.6 Å². The van der Waals surface area contributed by atoms with Gasteiger partial charge in [-0.15, -0.1) is 0 Å². The number of halogens is 2.